The van der Waals surface area contributed by atoms with Crippen LogP contribution in [0.3, 0.4) is 0 Å². The van der Waals surface area contributed by atoms with Gasteiger partial charge in [0.1, 0.15) is 5.75 Å². The number of carbonyl (C=O) groups excluding carboxylic acids is 1. The summed E-state index contributed by atoms with van der Waals surface area (Å²) >= 11 is 0. The maximum Gasteiger partial charge on any atom is 0.166 e. The van der Waals surface area contributed by atoms with Gasteiger partial charge in [-0.3, -0.25) is 4.79 Å². The first kappa shape index (κ1) is 10.7. The lowest BCUT2D eigenvalue weighted by atomic mass is 10.0. The second-order valence-electron chi connectivity index (χ2n) is 3.79. The van der Waals surface area contributed by atoms with Gasteiger partial charge in [-0.25, -0.2) is 0 Å². The Morgan fingerprint density at radius 3 is 2.94 bits per heavy atom. The number of fused-ring (bicyclic) bond motifs is 1. The topological polar surface area (TPSA) is 79.1 Å². The van der Waals surface area contributed by atoms with Gasteiger partial charge < -0.3 is 15.8 Å². The number of nitrogens with two attached hydrogens (primary N) is 1. The molecule has 4 heteroatoms. The fourth-order valence-corrected chi connectivity index (χ4v) is 1.96. The van der Waals surface area contributed by atoms with Crippen molar-refractivity contribution in [3.05, 3.63) is 29.5 Å². The van der Waals surface area contributed by atoms with Gasteiger partial charge in [-0.1, -0.05) is 6.07 Å². The van der Waals surface area contributed by atoms with Gasteiger partial charge in [-0.2, -0.15) is 0 Å². The molecule has 0 saturated heterocycles. The molecule has 4 N–H and O–H groups in total. The van der Waals surface area contributed by atoms with E-state index in [1.807, 2.05) is 13.0 Å². The van der Waals surface area contributed by atoms with Crippen LogP contribution in [-0.2, 0) is 0 Å². The van der Waals surface area contributed by atoms with E-state index in [0.717, 1.165) is 11.2 Å². The average Bonchev–Trinajstić information content (AvgIpc) is 2.56. The van der Waals surface area contributed by atoms with Crippen LogP contribution in [0.4, 0.5) is 0 Å². The number of aromatic hydroxyl groups is 1. The van der Waals surface area contributed by atoms with Crippen molar-refractivity contribution in [2.24, 2.45) is 5.73 Å². The Balaban J connectivity index is 2.68. The number of phenolic OH excluding ortho intramolecular Hbond substituents is 1. The number of rotatable bonds is 3. The largest absolute Gasteiger partial charge is 0.507 e. The first-order valence-electron chi connectivity index (χ1n) is 5.18. The Morgan fingerprint density at radius 1 is 1.50 bits per heavy atom. The monoisotopic (exact) mass is 218 g/mol. The number of nitrogens with one attached hydrogen (secondary N) is 1. The summed E-state index contributed by atoms with van der Waals surface area (Å²) in [6.07, 6.45) is 0.294. The highest BCUT2D eigenvalue weighted by Crippen LogP contribution is 2.30. The molecule has 2 aromatic rings. The molecular weight excluding hydrogens is 204 g/mol. The summed E-state index contributed by atoms with van der Waals surface area (Å²) in [5.74, 6) is 0.0926. The fraction of sp³-hybridized carbons (Fsp3) is 0.250. The smallest absolute Gasteiger partial charge is 0.166 e. The molecule has 0 saturated carbocycles. The number of ketones is 1. The minimum Gasteiger partial charge on any atom is -0.507 e. The van der Waals surface area contributed by atoms with Crippen LogP contribution in [0.2, 0.25) is 0 Å². The van der Waals surface area contributed by atoms with Crippen molar-refractivity contribution in [2.75, 3.05) is 6.54 Å². The van der Waals surface area contributed by atoms with Crippen LogP contribution in [0, 0.1) is 6.92 Å². The zero-order valence-corrected chi connectivity index (χ0v) is 9.08. The first-order chi connectivity index (χ1) is 7.65. The van der Waals surface area contributed by atoms with Crippen molar-refractivity contribution in [1.29, 1.82) is 0 Å². The maximum atomic E-state index is 11.9. The molecule has 0 fully saturated rings. The van der Waals surface area contributed by atoms with Crippen LogP contribution >= 0.6 is 0 Å². The minimum absolute atomic E-state index is 0.0345. The number of benzene rings is 1. The van der Waals surface area contributed by atoms with E-state index in [0.29, 0.717) is 23.9 Å². The standard InChI is InChI=1S/C12H14N2O2/c1-7-11(10(16)5-6-13)12-8(14-7)3-2-4-9(12)15/h2-4,14-15H,5-6,13H2,1H3. The van der Waals surface area contributed by atoms with Crippen LogP contribution in [0.5, 0.6) is 5.75 Å². The van der Waals surface area contributed by atoms with Gasteiger partial charge in [0.15, 0.2) is 5.78 Å². The minimum atomic E-state index is -0.0345. The number of hydrogen-bond donors (Lipinski definition) is 3. The van der Waals surface area contributed by atoms with Crippen LogP contribution < -0.4 is 5.73 Å². The molecule has 16 heavy (non-hydrogen) atoms. The zero-order valence-electron chi connectivity index (χ0n) is 9.08. The van der Waals surface area contributed by atoms with E-state index in [9.17, 15) is 9.90 Å². The number of Topliss-reactive ketones (excluding diaryl/α,β-unsaturated/α-hetero) is 1. The third kappa shape index (κ3) is 1.57. The van der Waals surface area contributed by atoms with Crippen molar-refractivity contribution >= 4 is 16.7 Å². The molecule has 1 aromatic heterocycles. The summed E-state index contributed by atoms with van der Waals surface area (Å²) in [4.78, 5) is 15.0. The van der Waals surface area contributed by atoms with E-state index in [2.05, 4.69) is 4.98 Å². The second-order valence-corrected chi connectivity index (χ2v) is 3.79. The van der Waals surface area contributed by atoms with Gasteiger partial charge in [0.2, 0.25) is 0 Å². The van der Waals surface area contributed by atoms with Crippen molar-refractivity contribution < 1.29 is 9.90 Å². The van der Waals surface area contributed by atoms with Crippen molar-refractivity contribution in [2.45, 2.75) is 13.3 Å². The highest BCUT2D eigenvalue weighted by atomic mass is 16.3. The maximum absolute atomic E-state index is 11.9. The number of aromatic nitrogens is 1. The zero-order chi connectivity index (χ0) is 11.7. The fourth-order valence-electron chi connectivity index (χ4n) is 1.96. The molecule has 0 spiro atoms. The van der Waals surface area contributed by atoms with Crippen molar-refractivity contribution in [1.82, 2.24) is 4.98 Å². The number of phenols is 1. The number of aryl methyl sites for hydroxylation is 1. The quantitative estimate of drug-likeness (QED) is 0.686. The third-order valence-electron chi connectivity index (χ3n) is 2.64. The summed E-state index contributed by atoms with van der Waals surface area (Å²) < 4.78 is 0. The Kier molecular flexibility index (Phi) is 2.66. The molecule has 2 rings (SSSR count). The van der Waals surface area contributed by atoms with Gasteiger partial charge in [-0.15, -0.1) is 0 Å². The lowest BCUT2D eigenvalue weighted by molar-refractivity contribution is 0.0986. The van der Waals surface area contributed by atoms with Crippen LogP contribution in [-0.4, -0.2) is 22.4 Å². The van der Waals surface area contributed by atoms with Gasteiger partial charge >= 0.3 is 0 Å². The number of hydrogen-bond acceptors (Lipinski definition) is 3. The Labute approximate surface area is 93.1 Å². The second kappa shape index (κ2) is 3.98. The third-order valence-corrected chi connectivity index (χ3v) is 2.64. The summed E-state index contributed by atoms with van der Waals surface area (Å²) in [7, 11) is 0. The van der Waals surface area contributed by atoms with Crippen LogP contribution in [0.1, 0.15) is 22.5 Å². The molecule has 4 nitrogen and oxygen atoms in total. The Hall–Kier alpha value is -1.81. The Morgan fingerprint density at radius 2 is 2.25 bits per heavy atom. The molecule has 1 heterocycles. The average molecular weight is 218 g/mol. The molecule has 0 atom stereocenters. The lowest BCUT2D eigenvalue weighted by Gasteiger charge is -2.00. The van der Waals surface area contributed by atoms with Gasteiger partial charge in [0.25, 0.3) is 0 Å². The van der Waals surface area contributed by atoms with Crippen molar-refractivity contribution in [3.8, 4) is 5.75 Å². The molecular formula is C12H14N2O2. The summed E-state index contributed by atoms with van der Waals surface area (Å²) in [6, 6.07) is 5.15. The van der Waals surface area contributed by atoms with Gasteiger partial charge in [0.05, 0.1) is 10.9 Å². The van der Waals surface area contributed by atoms with E-state index >= 15 is 0 Å². The molecule has 0 unspecified atom stereocenters. The SMILES string of the molecule is Cc1[nH]c2cccc(O)c2c1C(=O)CCN. The molecule has 0 aliphatic heterocycles. The highest BCUT2D eigenvalue weighted by Gasteiger charge is 2.17. The molecule has 0 aliphatic carbocycles. The number of H-pyrrole nitrogens is 1. The number of aromatic amines is 1. The molecule has 0 bridgehead atoms. The predicted octanol–water partition coefficient (Wildman–Crippen LogP) is 1.71. The van der Waals surface area contributed by atoms with E-state index < -0.39 is 0 Å². The number of carbonyl (C=O) groups is 1. The predicted molar refractivity (Wildman–Crippen MR) is 62.7 cm³/mol. The highest BCUT2D eigenvalue weighted by molar-refractivity contribution is 6.11. The van der Waals surface area contributed by atoms with E-state index in [1.165, 1.54) is 0 Å². The molecule has 84 valence electrons. The van der Waals surface area contributed by atoms with Crippen LogP contribution in [0.25, 0.3) is 10.9 Å². The summed E-state index contributed by atoms with van der Waals surface area (Å²) in [6.45, 7) is 2.14. The molecule has 0 radical (unpaired) electrons. The van der Waals surface area contributed by atoms with E-state index in [1.54, 1.807) is 12.1 Å². The first-order valence-corrected chi connectivity index (χ1v) is 5.18. The Bertz CT molecular complexity index is 543. The molecule has 1 aromatic carbocycles. The normalized spacial score (nSPS) is 10.9. The van der Waals surface area contributed by atoms with Crippen molar-refractivity contribution in [3.63, 3.8) is 0 Å². The summed E-state index contributed by atoms with van der Waals surface area (Å²) in [5, 5.41) is 10.4. The van der Waals surface area contributed by atoms with E-state index in [4.69, 9.17) is 5.73 Å². The van der Waals surface area contributed by atoms with Gasteiger partial charge in [0, 0.05) is 17.7 Å². The van der Waals surface area contributed by atoms with Gasteiger partial charge in [-0.05, 0) is 25.6 Å². The lowest BCUT2D eigenvalue weighted by Crippen LogP contribution is -2.08. The van der Waals surface area contributed by atoms with E-state index in [-0.39, 0.29) is 11.5 Å². The summed E-state index contributed by atoms with van der Waals surface area (Å²) in [5.41, 5.74) is 7.48. The molecule has 0 amide bonds. The molecule has 0 aliphatic rings. The van der Waals surface area contributed by atoms with Crippen LogP contribution in [0.15, 0.2) is 18.2 Å².